The molecule has 0 aliphatic rings. The maximum absolute atomic E-state index is 5.52. The number of hydrogen-bond donors (Lipinski definition) is 0. The zero-order chi connectivity index (χ0) is 52.0. The lowest BCUT2D eigenvalue weighted by molar-refractivity contribution is 1.07. The van der Waals surface area contributed by atoms with Gasteiger partial charge >= 0.3 is 0 Å². The number of hydrogen-bond acceptors (Lipinski definition) is 6. The number of pyridine rings is 3. The van der Waals surface area contributed by atoms with Gasteiger partial charge in [-0.05, 0) is 69.8 Å². The lowest BCUT2D eigenvalue weighted by Gasteiger charge is -2.16. The van der Waals surface area contributed by atoms with Gasteiger partial charge in [0, 0.05) is 50.1 Å². The zero-order valence-electron chi connectivity index (χ0n) is 42.4. The highest BCUT2D eigenvalue weighted by Crippen LogP contribution is 2.40. The molecular formula is C72H48N6. The number of aromatic nitrogens is 6. The van der Waals surface area contributed by atoms with Crippen molar-refractivity contribution in [3.8, 4) is 135 Å². The minimum Gasteiger partial charge on any atom is -0.248 e. The van der Waals surface area contributed by atoms with Gasteiger partial charge in [-0.3, -0.25) is 0 Å². The zero-order valence-corrected chi connectivity index (χ0v) is 42.4. The van der Waals surface area contributed by atoms with Gasteiger partial charge in [-0.1, -0.05) is 255 Å². The van der Waals surface area contributed by atoms with Gasteiger partial charge in [-0.25, -0.2) is 29.9 Å². The molecular weight excluding hydrogens is 949 g/mol. The van der Waals surface area contributed by atoms with Gasteiger partial charge < -0.3 is 0 Å². The van der Waals surface area contributed by atoms with Crippen molar-refractivity contribution < 1.29 is 0 Å². The summed E-state index contributed by atoms with van der Waals surface area (Å²) < 4.78 is 0. The Hall–Kier alpha value is -10.6. The van der Waals surface area contributed by atoms with E-state index >= 15 is 0 Å². The maximum atomic E-state index is 5.52. The molecule has 0 N–H and O–H groups in total. The number of benzene rings is 9. The quantitative estimate of drug-likeness (QED) is 0.121. The topological polar surface area (TPSA) is 77.3 Å². The summed E-state index contributed by atoms with van der Waals surface area (Å²) in [6, 6.07) is 100. The van der Waals surface area contributed by atoms with Crippen LogP contribution in [0.1, 0.15) is 0 Å². The first-order valence-electron chi connectivity index (χ1n) is 26.1. The SMILES string of the molecule is c1ccc(-c2cc(-c3nc(-c4cc(-c5ccccc5)nc(-c5ccccc5-c5ccccc5)c4)nc(-c4cc(-c5ccccc5)nc(-c5ccccc5-c5ccccc5)c4)n3)cc(-c3ccccc3-c3ccccc3)n2)cc1. The highest BCUT2D eigenvalue weighted by atomic mass is 15.0. The van der Waals surface area contributed by atoms with E-state index in [1.54, 1.807) is 0 Å². The van der Waals surface area contributed by atoms with E-state index in [0.29, 0.717) is 17.5 Å². The first-order valence-corrected chi connectivity index (χ1v) is 26.1. The minimum absolute atomic E-state index is 0.488. The minimum atomic E-state index is 0.488. The van der Waals surface area contributed by atoms with Gasteiger partial charge in [0.1, 0.15) is 0 Å². The summed E-state index contributed by atoms with van der Waals surface area (Å²) in [6.45, 7) is 0. The molecule has 0 atom stereocenters. The molecule has 0 amide bonds. The molecule has 4 aromatic heterocycles. The van der Waals surface area contributed by atoms with Gasteiger partial charge in [-0.15, -0.1) is 0 Å². The van der Waals surface area contributed by atoms with Crippen LogP contribution in [0, 0.1) is 0 Å². The lowest BCUT2D eigenvalue weighted by Crippen LogP contribution is -2.03. The lowest BCUT2D eigenvalue weighted by atomic mass is 9.95. The fourth-order valence-corrected chi connectivity index (χ4v) is 10.2. The van der Waals surface area contributed by atoms with Crippen LogP contribution in [0.4, 0.5) is 0 Å². The average molecular weight is 997 g/mol. The van der Waals surface area contributed by atoms with Gasteiger partial charge in [0.25, 0.3) is 0 Å². The fourth-order valence-electron chi connectivity index (χ4n) is 10.2. The molecule has 0 unspecified atom stereocenters. The van der Waals surface area contributed by atoms with Crippen molar-refractivity contribution in [1.29, 1.82) is 0 Å². The second kappa shape index (κ2) is 21.4. The summed E-state index contributed by atoms with van der Waals surface area (Å²) in [5, 5.41) is 0. The van der Waals surface area contributed by atoms with Crippen LogP contribution in [0.25, 0.3) is 135 Å². The van der Waals surface area contributed by atoms with Crippen LogP contribution < -0.4 is 0 Å². The molecule has 0 saturated carbocycles. The Morgan fingerprint density at radius 3 is 0.577 bits per heavy atom. The molecule has 0 aliphatic heterocycles. The summed E-state index contributed by atoms with van der Waals surface area (Å²) in [5.74, 6) is 1.46. The van der Waals surface area contributed by atoms with Crippen molar-refractivity contribution in [3.63, 3.8) is 0 Å². The van der Waals surface area contributed by atoms with E-state index in [4.69, 9.17) is 29.9 Å². The number of rotatable bonds is 12. The van der Waals surface area contributed by atoms with Gasteiger partial charge in [0.2, 0.25) is 0 Å². The van der Waals surface area contributed by atoms with Crippen molar-refractivity contribution in [3.05, 3.63) is 291 Å². The van der Waals surface area contributed by atoms with Crippen molar-refractivity contribution in [1.82, 2.24) is 29.9 Å². The Bertz CT molecular complexity index is 3780. The molecule has 4 heterocycles. The maximum Gasteiger partial charge on any atom is 0.164 e. The standard InChI is InChI=1S/C72H48N6/c1-7-25-49(26-8-1)58-37-19-22-40-61(58)67-46-55(43-64(73-67)52-31-13-4-14-32-52)70-76-71(56-44-65(53-33-15-5-16-34-53)74-68(47-56)62-41-23-20-38-59(62)50-27-9-2-10-28-50)78-72(77-70)57-45-66(54-35-17-6-18-36-54)75-69(48-57)63-42-24-21-39-60(63)51-29-11-3-12-30-51/h1-48H. The van der Waals surface area contributed by atoms with E-state index in [-0.39, 0.29) is 0 Å². The van der Waals surface area contributed by atoms with Crippen LogP contribution in [0.5, 0.6) is 0 Å². The number of nitrogens with zero attached hydrogens (tertiary/aromatic N) is 6. The Balaban J connectivity index is 1.09. The summed E-state index contributed by atoms with van der Waals surface area (Å²) in [7, 11) is 0. The molecule has 6 nitrogen and oxygen atoms in total. The highest BCUT2D eigenvalue weighted by Gasteiger charge is 2.21. The molecule has 13 aromatic rings. The van der Waals surface area contributed by atoms with Crippen LogP contribution in [0.3, 0.4) is 0 Å². The molecule has 0 spiro atoms. The molecule has 6 heteroatoms. The van der Waals surface area contributed by atoms with Gasteiger partial charge in [0.15, 0.2) is 17.5 Å². The Morgan fingerprint density at radius 1 is 0.141 bits per heavy atom. The van der Waals surface area contributed by atoms with Gasteiger partial charge in [0.05, 0.1) is 34.2 Å². The molecule has 9 aromatic carbocycles. The fraction of sp³-hybridized carbons (Fsp3) is 0. The van der Waals surface area contributed by atoms with E-state index in [1.807, 2.05) is 72.8 Å². The van der Waals surface area contributed by atoms with E-state index in [9.17, 15) is 0 Å². The van der Waals surface area contributed by atoms with Crippen molar-refractivity contribution in [2.45, 2.75) is 0 Å². The molecule has 0 fully saturated rings. The monoisotopic (exact) mass is 996 g/mol. The summed E-state index contributed by atoms with van der Waals surface area (Å²) in [4.78, 5) is 32.8. The third kappa shape index (κ3) is 9.81. The largest absolute Gasteiger partial charge is 0.248 e. The molecule has 0 bridgehead atoms. The van der Waals surface area contributed by atoms with E-state index < -0.39 is 0 Å². The predicted octanol–water partition coefficient (Wildman–Crippen LogP) is 18.1. The summed E-state index contributed by atoms with van der Waals surface area (Å²) in [5.41, 5.74) is 19.5. The molecule has 13 rings (SSSR count). The Morgan fingerprint density at radius 2 is 0.333 bits per heavy atom. The second-order valence-corrected chi connectivity index (χ2v) is 19.0. The summed E-state index contributed by atoms with van der Waals surface area (Å²) in [6.07, 6.45) is 0. The third-order valence-corrected chi connectivity index (χ3v) is 14.0. The van der Waals surface area contributed by atoms with E-state index in [0.717, 1.165) is 118 Å². The first kappa shape index (κ1) is 47.2. The normalized spacial score (nSPS) is 11.1. The van der Waals surface area contributed by atoms with Crippen LogP contribution in [0.15, 0.2) is 291 Å². The van der Waals surface area contributed by atoms with Crippen molar-refractivity contribution in [2.24, 2.45) is 0 Å². The van der Waals surface area contributed by atoms with Crippen LogP contribution in [-0.4, -0.2) is 29.9 Å². The average Bonchev–Trinajstić information content (AvgIpc) is 3.57. The second-order valence-electron chi connectivity index (χ2n) is 19.0. The van der Waals surface area contributed by atoms with Crippen molar-refractivity contribution in [2.75, 3.05) is 0 Å². The third-order valence-electron chi connectivity index (χ3n) is 14.0. The summed E-state index contributed by atoms with van der Waals surface area (Å²) >= 11 is 0. The Labute approximate surface area is 453 Å². The van der Waals surface area contributed by atoms with Crippen LogP contribution >= 0.6 is 0 Å². The highest BCUT2D eigenvalue weighted by molar-refractivity contribution is 5.89. The van der Waals surface area contributed by atoms with Crippen LogP contribution in [-0.2, 0) is 0 Å². The molecule has 0 saturated heterocycles. The smallest absolute Gasteiger partial charge is 0.164 e. The molecule has 78 heavy (non-hydrogen) atoms. The predicted molar refractivity (Wildman–Crippen MR) is 318 cm³/mol. The van der Waals surface area contributed by atoms with Gasteiger partial charge in [-0.2, -0.15) is 0 Å². The molecule has 366 valence electrons. The molecule has 0 aliphatic carbocycles. The van der Waals surface area contributed by atoms with Crippen LogP contribution in [0.2, 0.25) is 0 Å². The molecule has 0 radical (unpaired) electrons. The van der Waals surface area contributed by atoms with Crippen molar-refractivity contribution >= 4 is 0 Å². The first-order chi connectivity index (χ1) is 38.6. The van der Waals surface area contributed by atoms with E-state index in [1.165, 1.54) is 0 Å². The van der Waals surface area contributed by atoms with E-state index in [2.05, 4.69) is 218 Å². The Kier molecular flexibility index (Phi) is 12.9.